The maximum Gasteiger partial charge on any atom is 2.00 e. The van der Waals surface area contributed by atoms with E-state index in [2.05, 4.69) is 49.9 Å². The Morgan fingerprint density at radius 1 is 1.29 bits per heavy atom. The van der Waals surface area contributed by atoms with Gasteiger partial charge in [-0.3, -0.25) is 0 Å². The van der Waals surface area contributed by atoms with Crippen LogP contribution in [0.15, 0.2) is 38.4 Å². The van der Waals surface area contributed by atoms with Gasteiger partial charge in [0.25, 0.3) is 0 Å². The van der Waals surface area contributed by atoms with Crippen molar-refractivity contribution in [3.05, 3.63) is 28.2 Å². The summed E-state index contributed by atoms with van der Waals surface area (Å²) < 4.78 is 0.880. The molecule has 0 aliphatic rings. The summed E-state index contributed by atoms with van der Waals surface area (Å²) in [7, 11) is 0. The molecule has 0 atom stereocenters. The summed E-state index contributed by atoms with van der Waals surface area (Å²) in [5, 5.41) is 20.4. The fraction of sp³-hybridized carbons (Fsp3) is 0.308. The first kappa shape index (κ1) is 18.1. The molecular formula is C13H14BrN4NiOS+. The summed E-state index contributed by atoms with van der Waals surface area (Å²) in [6.07, 6.45) is 1.65. The van der Waals surface area contributed by atoms with E-state index in [-0.39, 0.29) is 22.2 Å². The van der Waals surface area contributed by atoms with Crippen molar-refractivity contribution in [1.29, 1.82) is 0 Å². The van der Waals surface area contributed by atoms with E-state index in [1.54, 1.807) is 18.3 Å². The number of nitrogens with zero attached hydrogens (tertiary/aromatic N) is 4. The molecule has 0 bridgehead atoms. The van der Waals surface area contributed by atoms with Crippen LogP contribution in [0.4, 0.5) is 16.5 Å². The number of hydrogen-bond donors (Lipinski definition) is 0. The molecule has 0 aliphatic carbocycles. The van der Waals surface area contributed by atoms with Crippen LogP contribution >= 0.6 is 27.3 Å². The molecule has 0 N–H and O–H groups in total. The maximum absolute atomic E-state index is 12.0. The predicted molar refractivity (Wildman–Crippen MR) is 83.4 cm³/mol. The molecule has 21 heavy (non-hydrogen) atoms. The number of azo groups is 1. The SMILES string of the molecule is CCN(CC)c1ccc(N=Nc2ncc(Br)s2)c([O-])c1.[Ni+2]. The molecule has 0 radical (unpaired) electrons. The van der Waals surface area contributed by atoms with Gasteiger partial charge >= 0.3 is 16.5 Å². The van der Waals surface area contributed by atoms with Crippen molar-refractivity contribution in [3.8, 4) is 5.75 Å². The monoisotopic (exact) mass is 411 g/mol. The van der Waals surface area contributed by atoms with Crippen LogP contribution in [0.25, 0.3) is 0 Å². The van der Waals surface area contributed by atoms with Gasteiger partial charge in [-0.05, 0) is 48.0 Å². The molecule has 0 spiro atoms. The predicted octanol–water partition coefficient (Wildman–Crippen LogP) is 4.24. The summed E-state index contributed by atoms with van der Waals surface area (Å²) in [5.41, 5.74) is 1.24. The van der Waals surface area contributed by atoms with Gasteiger partial charge < -0.3 is 10.0 Å². The Bertz CT molecular complexity index is 616. The zero-order valence-electron chi connectivity index (χ0n) is 11.5. The molecular weight excluding hydrogens is 399 g/mol. The van der Waals surface area contributed by atoms with Gasteiger partial charge in [0, 0.05) is 18.8 Å². The van der Waals surface area contributed by atoms with Crippen molar-refractivity contribution in [2.24, 2.45) is 10.2 Å². The van der Waals surface area contributed by atoms with Crippen LogP contribution in [0.1, 0.15) is 13.8 Å². The zero-order valence-corrected chi connectivity index (χ0v) is 14.9. The number of anilines is 1. The van der Waals surface area contributed by atoms with Crippen LogP contribution < -0.4 is 10.0 Å². The fourth-order valence-electron chi connectivity index (χ4n) is 1.76. The quantitative estimate of drug-likeness (QED) is 0.545. The molecule has 1 aromatic heterocycles. The van der Waals surface area contributed by atoms with E-state index < -0.39 is 0 Å². The van der Waals surface area contributed by atoms with Crippen LogP contribution in [-0.2, 0) is 16.5 Å². The fourth-order valence-corrected chi connectivity index (χ4v) is 2.76. The Morgan fingerprint density at radius 2 is 2.00 bits per heavy atom. The van der Waals surface area contributed by atoms with E-state index in [0.717, 1.165) is 22.6 Å². The molecule has 0 saturated carbocycles. The van der Waals surface area contributed by atoms with Crippen molar-refractivity contribution in [2.75, 3.05) is 18.0 Å². The number of hydrogen-bond acceptors (Lipinski definition) is 6. The molecule has 1 aromatic carbocycles. The van der Waals surface area contributed by atoms with Crippen LogP contribution in [-0.4, -0.2) is 18.1 Å². The van der Waals surface area contributed by atoms with Gasteiger partial charge in [0.2, 0.25) is 5.13 Å². The topological polar surface area (TPSA) is 63.9 Å². The van der Waals surface area contributed by atoms with Gasteiger partial charge in [0.05, 0.1) is 15.7 Å². The number of halogens is 1. The average Bonchev–Trinajstić information content (AvgIpc) is 2.85. The second-order valence-electron chi connectivity index (χ2n) is 3.97. The third kappa shape index (κ3) is 4.76. The summed E-state index contributed by atoms with van der Waals surface area (Å²) in [6.45, 7) is 5.84. The molecule has 0 unspecified atom stereocenters. The van der Waals surface area contributed by atoms with Crippen molar-refractivity contribution < 1.29 is 21.6 Å². The first-order valence-corrected chi connectivity index (χ1v) is 7.84. The molecule has 5 nitrogen and oxygen atoms in total. The molecule has 2 aromatic rings. The van der Waals surface area contributed by atoms with E-state index in [4.69, 9.17) is 0 Å². The van der Waals surface area contributed by atoms with E-state index in [9.17, 15) is 5.11 Å². The Hall–Kier alpha value is -0.976. The van der Waals surface area contributed by atoms with E-state index in [1.807, 2.05) is 6.07 Å². The van der Waals surface area contributed by atoms with Crippen molar-refractivity contribution in [1.82, 2.24) is 4.98 Å². The van der Waals surface area contributed by atoms with Crippen molar-refractivity contribution in [3.63, 3.8) is 0 Å². The zero-order chi connectivity index (χ0) is 14.5. The molecule has 0 saturated heterocycles. The summed E-state index contributed by atoms with van der Waals surface area (Å²) in [6, 6.07) is 5.18. The average molecular weight is 413 g/mol. The molecule has 114 valence electrons. The van der Waals surface area contributed by atoms with Crippen molar-refractivity contribution >= 4 is 43.8 Å². The minimum atomic E-state index is -0.131. The molecule has 0 amide bonds. The minimum Gasteiger partial charge on any atom is -0.871 e. The van der Waals surface area contributed by atoms with E-state index >= 15 is 0 Å². The molecule has 1 heterocycles. The molecule has 8 heteroatoms. The smallest absolute Gasteiger partial charge is 0.871 e. The number of benzene rings is 1. The number of rotatable bonds is 5. The standard InChI is InChI=1S/C13H15BrN4OS.Ni/c1-3-18(4-2)9-5-6-10(11(19)7-9)16-17-13-15-8-12(14)20-13;/h5-8,19H,3-4H2,1-2H3;/q;+2/p-1. The molecule has 2 rings (SSSR count). The third-order valence-electron chi connectivity index (χ3n) is 2.78. The van der Waals surface area contributed by atoms with Gasteiger partial charge in [0.15, 0.2) is 0 Å². The number of aromatic nitrogens is 1. The van der Waals surface area contributed by atoms with Crippen molar-refractivity contribution in [2.45, 2.75) is 13.8 Å². The summed E-state index contributed by atoms with van der Waals surface area (Å²) >= 11 is 4.66. The van der Waals surface area contributed by atoms with Crippen LogP contribution in [0, 0.1) is 0 Å². The van der Waals surface area contributed by atoms with Gasteiger partial charge in [-0.25, -0.2) is 4.98 Å². The van der Waals surface area contributed by atoms with E-state index in [0.29, 0.717) is 10.8 Å². The largest absolute Gasteiger partial charge is 2.00 e. The van der Waals surface area contributed by atoms with Gasteiger partial charge in [0.1, 0.15) is 0 Å². The summed E-state index contributed by atoms with van der Waals surface area (Å²) in [5.74, 6) is -0.131. The summed E-state index contributed by atoms with van der Waals surface area (Å²) in [4.78, 5) is 6.15. The van der Waals surface area contributed by atoms with Crippen LogP contribution in [0.2, 0.25) is 0 Å². The normalized spacial score (nSPS) is 10.6. The Morgan fingerprint density at radius 3 is 2.52 bits per heavy atom. The van der Waals surface area contributed by atoms with Crippen LogP contribution in [0.5, 0.6) is 5.75 Å². The Labute approximate surface area is 146 Å². The third-order valence-corrected chi connectivity index (χ3v) is 4.14. The van der Waals surface area contributed by atoms with Gasteiger partial charge in [-0.2, -0.15) is 0 Å². The van der Waals surface area contributed by atoms with Gasteiger partial charge in [-0.15, -0.1) is 10.2 Å². The Balaban J connectivity index is 0.00000220. The maximum atomic E-state index is 12.0. The second kappa shape index (κ2) is 8.46. The second-order valence-corrected chi connectivity index (χ2v) is 6.36. The van der Waals surface area contributed by atoms with Crippen LogP contribution in [0.3, 0.4) is 0 Å². The Kier molecular flexibility index (Phi) is 7.28. The molecule has 0 aliphatic heterocycles. The minimum absolute atomic E-state index is 0. The van der Waals surface area contributed by atoms with E-state index in [1.165, 1.54) is 11.3 Å². The number of thiazole rings is 1. The van der Waals surface area contributed by atoms with Gasteiger partial charge in [-0.1, -0.05) is 17.1 Å². The first-order valence-electron chi connectivity index (χ1n) is 6.23. The molecule has 0 fully saturated rings. The first-order chi connectivity index (χ1) is 9.63.